The van der Waals surface area contributed by atoms with Crippen molar-refractivity contribution < 1.29 is 14.3 Å². The molecule has 0 saturated heterocycles. The van der Waals surface area contributed by atoms with Crippen molar-refractivity contribution in [3.63, 3.8) is 0 Å². The van der Waals surface area contributed by atoms with E-state index in [1.54, 1.807) is 42.5 Å². The molecule has 0 atom stereocenters. The van der Waals surface area contributed by atoms with E-state index in [9.17, 15) is 9.59 Å². The number of nitrogens with one attached hydrogen (secondary N) is 2. The Balaban J connectivity index is 2.12. The number of carbonyl (C=O) groups excluding carboxylic acids is 2. The Morgan fingerprint density at radius 3 is 2.33 bits per heavy atom. The summed E-state index contributed by atoms with van der Waals surface area (Å²) < 4.78 is 5.60. The Morgan fingerprint density at radius 1 is 1.00 bits per heavy atom. The van der Waals surface area contributed by atoms with Crippen molar-refractivity contribution in [2.75, 3.05) is 11.9 Å². The Kier molecular flexibility index (Phi) is 5.95. The first-order chi connectivity index (χ1) is 11.5. The lowest BCUT2D eigenvalue weighted by Gasteiger charge is -2.11. The van der Waals surface area contributed by atoms with E-state index in [0.29, 0.717) is 29.1 Å². The predicted octanol–water partition coefficient (Wildman–Crippen LogP) is 3.48. The number of ether oxygens (including phenoxy) is 1. The Bertz CT molecular complexity index is 726. The smallest absolute Gasteiger partial charge is 0.255 e. The lowest BCUT2D eigenvalue weighted by Crippen LogP contribution is -2.22. The molecule has 0 heterocycles. The van der Waals surface area contributed by atoms with Crippen molar-refractivity contribution >= 4 is 17.5 Å². The monoisotopic (exact) mass is 326 g/mol. The first-order valence-corrected chi connectivity index (χ1v) is 7.96. The molecule has 0 radical (unpaired) electrons. The molecule has 2 aromatic carbocycles. The van der Waals surface area contributed by atoms with Crippen LogP contribution in [0.3, 0.4) is 0 Å². The van der Waals surface area contributed by atoms with E-state index >= 15 is 0 Å². The van der Waals surface area contributed by atoms with Crippen LogP contribution in [0, 0.1) is 0 Å². The van der Waals surface area contributed by atoms with E-state index < -0.39 is 0 Å². The SMILES string of the molecule is CCNC(=O)c1cccc(NC(=O)c2cccc(OC(C)C)c2)c1. The molecule has 0 unspecified atom stereocenters. The van der Waals surface area contributed by atoms with Crippen LogP contribution in [0.25, 0.3) is 0 Å². The van der Waals surface area contributed by atoms with Crippen molar-refractivity contribution in [1.29, 1.82) is 0 Å². The Morgan fingerprint density at radius 2 is 1.67 bits per heavy atom. The van der Waals surface area contributed by atoms with Crippen molar-refractivity contribution in [1.82, 2.24) is 5.32 Å². The van der Waals surface area contributed by atoms with E-state index in [-0.39, 0.29) is 17.9 Å². The first kappa shape index (κ1) is 17.5. The maximum Gasteiger partial charge on any atom is 0.255 e. The molecule has 0 aromatic heterocycles. The number of amides is 2. The molecule has 126 valence electrons. The van der Waals surface area contributed by atoms with E-state index in [1.807, 2.05) is 26.8 Å². The number of benzene rings is 2. The molecule has 5 nitrogen and oxygen atoms in total. The molecule has 0 spiro atoms. The average Bonchev–Trinajstić information content (AvgIpc) is 2.55. The van der Waals surface area contributed by atoms with Gasteiger partial charge < -0.3 is 15.4 Å². The highest BCUT2D eigenvalue weighted by Gasteiger charge is 2.10. The molecule has 0 bridgehead atoms. The van der Waals surface area contributed by atoms with Gasteiger partial charge >= 0.3 is 0 Å². The van der Waals surface area contributed by atoms with Gasteiger partial charge in [0.25, 0.3) is 11.8 Å². The van der Waals surface area contributed by atoms with Gasteiger partial charge in [-0.15, -0.1) is 0 Å². The summed E-state index contributed by atoms with van der Waals surface area (Å²) in [6.45, 7) is 6.27. The number of hydrogen-bond donors (Lipinski definition) is 2. The second-order valence-corrected chi connectivity index (χ2v) is 5.59. The molecule has 0 aliphatic heterocycles. The Hall–Kier alpha value is -2.82. The van der Waals surface area contributed by atoms with E-state index in [2.05, 4.69) is 10.6 Å². The maximum atomic E-state index is 12.4. The quantitative estimate of drug-likeness (QED) is 0.854. The standard InChI is InChI=1S/C19H22N2O3/c1-4-20-18(22)14-7-5-9-16(11-14)21-19(23)15-8-6-10-17(12-15)24-13(2)3/h5-13H,4H2,1-3H3,(H,20,22)(H,21,23). The fraction of sp³-hybridized carbons (Fsp3) is 0.263. The highest BCUT2D eigenvalue weighted by molar-refractivity contribution is 6.05. The van der Waals surface area contributed by atoms with Gasteiger partial charge in [0.2, 0.25) is 0 Å². The van der Waals surface area contributed by atoms with Crippen LogP contribution in [-0.2, 0) is 0 Å². The molecule has 0 aliphatic carbocycles. The molecule has 5 heteroatoms. The van der Waals surface area contributed by atoms with Crippen LogP contribution < -0.4 is 15.4 Å². The van der Waals surface area contributed by atoms with E-state index in [0.717, 1.165) is 0 Å². The van der Waals surface area contributed by atoms with Gasteiger partial charge in [-0.2, -0.15) is 0 Å². The maximum absolute atomic E-state index is 12.4. The largest absolute Gasteiger partial charge is 0.491 e. The minimum Gasteiger partial charge on any atom is -0.491 e. The number of carbonyl (C=O) groups is 2. The first-order valence-electron chi connectivity index (χ1n) is 7.96. The molecule has 24 heavy (non-hydrogen) atoms. The molecule has 0 fully saturated rings. The molecule has 0 aliphatic rings. The minimum absolute atomic E-state index is 0.0390. The number of rotatable bonds is 6. The van der Waals surface area contributed by atoms with Gasteiger partial charge in [0.15, 0.2) is 0 Å². The second kappa shape index (κ2) is 8.15. The fourth-order valence-electron chi connectivity index (χ4n) is 2.19. The lowest BCUT2D eigenvalue weighted by atomic mass is 10.1. The van der Waals surface area contributed by atoms with Gasteiger partial charge in [-0.25, -0.2) is 0 Å². The second-order valence-electron chi connectivity index (χ2n) is 5.59. The fourth-order valence-corrected chi connectivity index (χ4v) is 2.19. The van der Waals surface area contributed by atoms with Gasteiger partial charge in [-0.3, -0.25) is 9.59 Å². The summed E-state index contributed by atoms with van der Waals surface area (Å²) in [4.78, 5) is 24.3. The summed E-state index contributed by atoms with van der Waals surface area (Å²) in [5, 5.41) is 5.53. The van der Waals surface area contributed by atoms with Crippen LogP contribution >= 0.6 is 0 Å². The van der Waals surface area contributed by atoms with Crippen molar-refractivity contribution in [3.05, 3.63) is 59.7 Å². The van der Waals surface area contributed by atoms with E-state index in [1.165, 1.54) is 0 Å². The van der Waals surface area contributed by atoms with Crippen LogP contribution in [0.2, 0.25) is 0 Å². The summed E-state index contributed by atoms with van der Waals surface area (Å²) in [7, 11) is 0. The van der Waals surface area contributed by atoms with Crippen LogP contribution in [0.4, 0.5) is 5.69 Å². The molecule has 2 rings (SSSR count). The number of anilines is 1. The summed E-state index contributed by atoms with van der Waals surface area (Å²) in [5.41, 5.74) is 1.57. The summed E-state index contributed by atoms with van der Waals surface area (Å²) in [6, 6.07) is 13.8. The van der Waals surface area contributed by atoms with E-state index in [4.69, 9.17) is 4.74 Å². The van der Waals surface area contributed by atoms with Gasteiger partial charge in [0.1, 0.15) is 5.75 Å². The summed E-state index contributed by atoms with van der Waals surface area (Å²) >= 11 is 0. The van der Waals surface area contributed by atoms with Gasteiger partial charge in [0, 0.05) is 23.4 Å². The summed E-state index contributed by atoms with van der Waals surface area (Å²) in [5.74, 6) is 0.229. The molecule has 2 aromatic rings. The van der Waals surface area contributed by atoms with Gasteiger partial charge in [-0.05, 0) is 57.2 Å². The molecular formula is C19H22N2O3. The zero-order valence-corrected chi connectivity index (χ0v) is 14.1. The van der Waals surface area contributed by atoms with Crippen LogP contribution in [-0.4, -0.2) is 24.5 Å². The molecular weight excluding hydrogens is 304 g/mol. The van der Waals surface area contributed by atoms with Crippen LogP contribution in [0.1, 0.15) is 41.5 Å². The van der Waals surface area contributed by atoms with Crippen molar-refractivity contribution in [3.8, 4) is 5.75 Å². The predicted molar refractivity (Wildman–Crippen MR) is 94.6 cm³/mol. The molecule has 2 amide bonds. The highest BCUT2D eigenvalue weighted by Crippen LogP contribution is 2.17. The third-order valence-corrected chi connectivity index (χ3v) is 3.19. The third-order valence-electron chi connectivity index (χ3n) is 3.19. The number of hydrogen-bond acceptors (Lipinski definition) is 3. The molecule has 0 saturated carbocycles. The van der Waals surface area contributed by atoms with Crippen LogP contribution in [0.5, 0.6) is 5.75 Å². The Labute approximate surface area is 142 Å². The topological polar surface area (TPSA) is 67.4 Å². The highest BCUT2D eigenvalue weighted by atomic mass is 16.5. The zero-order chi connectivity index (χ0) is 17.5. The van der Waals surface area contributed by atoms with Crippen molar-refractivity contribution in [2.45, 2.75) is 26.9 Å². The van der Waals surface area contributed by atoms with Crippen LogP contribution in [0.15, 0.2) is 48.5 Å². The average molecular weight is 326 g/mol. The van der Waals surface area contributed by atoms with Gasteiger partial charge in [-0.1, -0.05) is 12.1 Å². The summed E-state index contributed by atoms with van der Waals surface area (Å²) in [6.07, 6.45) is 0.0390. The lowest BCUT2D eigenvalue weighted by molar-refractivity contribution is 0.0954. The minimum atomic E-state index is -0.253. The van der Waals surface area contributed by atoms with Gasteiger partial charge in [0.05, 0.1) is 6.10 Å². The zero-order valence-electron chi connectivity index (χ0n) is 14.1. The normalized spacial score (nSPS) is 10.3. The molecule has 2 N–H and O–H groups in total. The third kappa shape index (κ3) is 4.84. The van der Waals surface area contributed by atoms with Crippen molar-refractivity contribution in [2.24, 2.45) is 0 Å².